The molecule has 2 amide bonds. The lowest BCUT2D eigenvalue weighted by Crippen LogP contribution is -2.39. The second-order valence-electron chi connectivity index (χ2n) is 5.76. The fourth-order valence-corrected chi connectivity index (χ4v) is 3.06. The van der Waals surface area contributed by atoms with Crippen LogP contribution in [0.1, 0.15) is 17.5 Å². The number of aliphatic carboxylic acids is 1. The van der Waals surface area contributed by atoms with E-state index in [0.29, 0.717) is 11.1 Å². The highest BCUT2D eigenvalue weighted by Gasteiger charge is 2.42. The van der Waals surface area contributed by atoms with E-state index < -0.39 is 36.1 Å². The van der Waals surface area contributed by atoms with Crippen molar-refractivity contribution < 1.29 is 33.7 Å². The molecule has 1 fully saturated rings. The van der Waals surface area contributed by atoms with Crippen LogP contribution in [0, 0.1) is 5.82 Å². The van der Waals surface area contributed by atoms with Gasteiger partial charge in [0.15, 0.2) is 0 Å². The Balaban J connectivity index is 1.64. The van der Waals surface area contributed by atoms with Gasteiger partial charge in [-0.15, -0.1) is 0 Å². The quantitative estimate of drug-likeness (QED) is 0.846. The Labute approximate surface area is 136 Å². The molecule has 0 spiro atoms. The van der Waals surface area contributed by atoms with E-state index in [0.717, 1.165) is 4.90 Å². The van der Waals surface area contributed by atoms with Crippen molar-refractivity contribution in [1.82, 2.24) is 9.80 Å². The maximum Gasteiger partial charge on any atom is 0.410 e. The van der Waals surface area contributed by atoms with E-state index in [9.17, 15) is 18.8 Å². The van der Waals surface area contributed by atoms with E-state index in [2.05, 4.69) is 0 Å². The average Bonchev–Trinajstić information content (AvgIpc) is 3.12. The van der Waals surface area contributed by atoms with Crippen molar-refractivity contribution in [3.63, 3.8) is 0 Å². The molecule has 8 nitrogen and oxygen atoms in total. The summed E-state index contributed by atoms with van der Waals surface area (Å²) in [6.45, 7) is 0.0649. The lowest BCUT2D eigenvalue weighted by molar-refractivity contribution is -0.141. The first-order valence-corrected chi connectivity index (χ1v) is 7.31. The molecule has 0 radical (unpaired) electrons. The number of carboxylic acid groups (broad SMARTS) is 2. The van der Waals surface area contributed by atoms with Crippen LogP contribution in [-0.2, 0) is 22.6 Å². The van der Waals surface area contributed by atoms with Crippen LogP contribution in [-0.4, -0.2) is 56.9 Å². The third kappa shape index (κ3) is 2.84. The van der Waals surface area contributed by atoms with Crippen LogP contribution in [0.2, 0.25) is 0 Å². The van der Waals surface area contributed by atoms with Gasteiger partial charge in [0.1, 0.15) is 18.0 Å². The molecular weight excluding hydrogens is 323 g/mol. The molecule has 1 saturated heterocycles. The summed E-state index contributed by atoms with van der Waals surface area (Å²) in [5.41, 5.74) is 1.12. The molecule has 2 aliphatic rings. The smallest absolute Gasteiger partial charge is 0.410 e. The van der Waals surface area contributed by atoms with Crippen molar-refractivity contribution in [2.75, 3.05) is 6.54 Å². The highest BCUT2D eigenvalue weighted by molar-refractivity contribution is 5.80. The zero-order valence-corrected chi connectivity index (χ0v) is 12.5. The summed E-state index contributed by atoms with van der Waals surface area (Å²) in [5, 5.41) is 18.1. The van der Waals surface area contributed by atoms with E-state index in [1.165, 1.54) is 11.0 Å². The fraction of sp³-hybridized carbons (Fsp3) is 0.400. The minimum atomic E-state index is -1.38. The lowest BCUT2D eigenvalue weighted by atomic mass is 10.1. The second kappa shape index (κ2) is 5.99. The first kappa shape index (κ1) is 16.0. The molecule has 128 valence electrons. The van der Waals surface area contributed by atoms with Crippen molar-refractivity contribution in [3.05, 3.63) is 35.1 Å². The van der Waals surface area contributed by atoms with E-state index in [-0.39, 0.29) is 26.1 Å². The molecule has 2 atom stereocenters. The largest absolute Gasteiger partial charge is 0.480 e. The predicted molar refractivity (Wildman–Crippen MR) is 76.7 cm³/mol. The van der Waals surface area contributed by atoms with Crippen molar-refractivity contribution in [3.8, 4) is 0 Å². The van der Waals surface area contributed by atoms with E-state index >= 15 is 0 Å². The number of likely N-dealkylation sites (tertiary alicyclic amines) is 1. The van der Waals surface area contributed by atoms with Gasteiger partial charge in [0.2, 0.25) is 0 Å². The number of amides is 2. The van der Waals surface area contributed by atoms with E-state index in [4.69, 9.17) is 14.9 Å². The maximum atomic E-state index is 13.7. The number of carboxylic acids is 1. The predicted octanol–water partition coefficient (Wildman–Crippen LogP) is 1.48. The lowest BCUT2D eigenvalue weighted by Gasteiger charge is -2.19. The molecule has 3 rings (SSSR count). The molecule has 9 heteroatoms. The Morgan fingerprint density at radius 2 is 1.96 bits per heavy atom. The summed E-state index contributed by atoms with van der Waals surface area (Å²) < 4.78 is 18.9. The van der Waals surface area contributed by atoms with Crippen molar-refractivity contribution >= 4 is 18.2 Å². The van der Waals surface area contributed by atoms with Crippen molar-refractivity contribution in [1.29, 1.82) is 0 Å². The number of hydrogen-bond acceptors (Lipinski definition) is 4. The summed E-state index contributed by atoms with van der Waals surface area (Å²) in [6, 6.07) is 3.34. The van der Waals surface area contributed by atoms with Crippen LogP contribution in [0.3, 0.4) is 0 Å². The van der Waals surface area contributed by atoms with Crippen LogP contribution in [0.25, 0.3) is 0 Å². The van der Waals surface area contributed by atoms with Gasteiger partial charge < -0.3 is 14.9 Å². The molecule has 0 bridgehead atoms. The maximum absolute atomic E-state index is 13.7. The number of halogens is 1. The standard InChI is InChI=1S/C15H15FN2O6/c16-11-3-1-2-8-5-17(7-10(8)11)15(23)24-9-4-12(13(19)20)18(6-9)14(21)22/h1-3,9,12H,4-7H2,(H,19,20)(H,21,22). The van der Waals surface area contributed by atoms with Crippen LogP contribution >= 0.6 is 0 Å². The molecule has 2 N–H and O–H groups in total. The van der Waals surface area contributed by atoms with Gasteiger partial charge >= 0.3 is 18.2 Å². The number of fused-ring (bicyclic) bond motifs is 1. The van der Waals surface area contributed by atoms with Crippen LogP contribution in [0.5, 0.6) is 0 Å². The monoisotopic (exact) mass is 338 g/mol. The first-order chi connectivity index (χ1) is 11.4. The third-order valence-electron chi connectivity index (χ3n) is 4.25. The van der Waals surface area contributed by atoms with Crippen molar-refractivity contribution in [2.24, 2.45) is 0 Å². The molecule has 1 aromatic carbocycles. The molecule has 2 unspecified atom stereocenters. The average molecular weight is 338 g/mol. The number of carbonyl (C=O) groups excluding carboxylic acids is 1. The molecule has 2 aliphatic heterocycles. The Bertz CT molecular complexity index is 687. The fourth-order valence-electron chi connectivity index (χ4n) is 3.06. The zero-order chi connectivity index (χ0) is 17.4. The molecule has 24 heavy (non-hydrogen) atoms. The molecular formula is C15H15FN2O6. The summed E-state index contributed by atoms with van der Waals surface area (Å²) in [5.74, 6) is -1.68. The number of benzene rings is 1. The summed E-state index contributed by atoms with van der Waals surface area (Å²) >= 11 is 0. The van der Waals surface area contributed by atoms with Gasteiger partial charge in [0, 0.05) is 18.5 Å². The van der Waals surface area contributed by atoms with Gasteiger partial charge in [-0.25, -0.2) is 18.8 Å². The van der Waals surface area contributed by atoms with Gasteiger partial charge in [-0.2, -0.15) is 0 Å². The summed E-state index contributed by atoms with van der Waals surface area (Å²) in [4.78, 5) is 36.4. The number of ether oxygens (including phenoxy) is 1. The van der Waals surface area contributed by atoms with Gasteiger partial charge in [0.05, 0.1) is 13.1 Å². The topological polar surface area (TPSA) is 107 Å². The Morgan fingerprint density at radius 1 is 1.21 bits per heavy atom. The Morgan fingerprint density at radius 3 is 2.54 bits per heavy atom. The molecule has 0 aliphatic carbocycles. The van der Waals surface area contributed by atoms with E-state index in [1.54, 1.807) is 12.1 Å². The van der Waals surface area contributed by atoms with Gasteiger partial charge in [0.25, 0.3) is 0 Å². The summed E-state index contributed by atoms with van der Waals surface area (Å²) in [6.07, 6.45) is -3.05. The highest BCUT2D eigenvalue weighted by Crippen LogP contribution is 2.27. The molecule has 1 aromatic rings. The SMILES string of the molecule is O=C(O)C1CC(OC(=O)N2Cc3cccc(F)c3C2)CN1C(=O)O. The number of rotatable bonds is 2. The molecule has 2 heterocycles. The molecule has 0 saturated carbocycles. The van der Waals surface area contributed by atoms with Crippen molar-refractivity contribution in [2.45, 2.75) is 31.7 Å². The minimum absolute atomic E-state index is 0.0680. The minimum Gasteiger partial charge on any atom is -0.480 e. The Kier molecular flexibility index (Phi) is 4.00. The zero-order valence-electron chi connectivity index (χ0n) is 12.5. The number of hydrogen-bond donors (Lipinski definition) is 2. The van der Waals surface area contributed by atoms with Crippen LogP contribution < -0.4 is 0 Å². The normalized spacial score (nSPS) is 22.4. The number of nitrogens with zero attached hydrogens (tertiary/aromatic N) is 2. The van der Waals surface area contributed by atoms with Gasteiger partial charge in [-0.05, 0) is 11.6 Å². The molecule has 0 aromatic heterocycles. The van der Waals surface area contributed by atoms with Gasteiger partial charge in [-0.3, -0.25) is 9.80 Å². The Hall–Kier alpha value is -2.84. The van der Waals surface area contributed by atoms with Crippen LogP contribution in [0.15, 0.2) is 18.2 Å². The highest BCUT2D eigenvalue weighted by atomic mass is 19.1. The van der Waals surface area contributed by atoms with Crippen LogP contribution in [0.4, 0.5) is 14.0 Å². The third-order valence-corrected chi connectivity index (χ3v) is 4.25. The van der Waals surface area contributed by atoms with Gasteiger partial charge in [-0.1, -0.05) is 12.1 Å². The first-order valence-electron chi connectivity index (χ1n) is 7.31. The van der Waals surface area contributed by atoms with E-state index in [1.807, 2.05) is 0 Å². The summed E-state index contributed by atoms with van der Waals surface area (Å²) in [7, 11) is 0. The number of carbonyl (C=O) groups is 3. The second-order valence-corrected chi connectivity index (χ2v) is 5.76.